The van der Waals surface area contributed by atoms with Crippen molar-refractivity contribution in [1.29, 1.82) is 0 Å². The molecule has 1 aliphatic rings. The van der Waals surface area contributed by atoms with Crippen molar-refractivity contribution in [2.75, 3.05) is 11.5 Å². The second-order valence-electron chi connectivity index (χ2n) is 12.1. The third kappa shape index (κ3) is 6.44. The van der Waals surface area contributed by atoms with E-state index in [1.807, 2.05) is 24.3 Å². The topological polar surface area (TPSA) is 52.0 Å². The first-order valence-corrected chi connectivity index (χ1v) is 15.5. The number of hydrogen-bond donors (Lipinski definition) is 2. The van der Waals surface area contributed by atoms with Crippen LogP contribution in [0.25, 0.3) is 0 Å². The van der Waals surface area contributed by atoms with Crippen LogP contribution < -0.4 is 11.5 Å². The molecule has 6 rings (SSSR count). The molecule has 5 aromatic rings. The minimum atomic E-state index is 0.0518. The first kappa shape index (κ1) is 27.8. The number of rotatable bonds is 9. The van der Waals surface area contributed by atoms with Crippen LogP contribution in [0.1, 0.15) is 70.5 Å². The molecule has 0 atom stereocenters. The Morgan fingerprint density at radius 2 is 0.810 bits per heavy atom. The van der Waals surface area contributed by atoms with E-state index in [1.54, 1.807) is 0 Å². The Morgan fingerprint density at radius 3 is 1.19 bits per heavy atom. The van der Waals surface area contributed by atoms with Gasteiger partial charge in [-0.2, -0.15) is 0 Å². The van der Waals surface area contributed by atoms with E-state index in [0.29, 0.717) is 5.92 Å². The molecule has 212 valence electrons. The molecule has 0 unspecified atom stereocenters. The first-order chi connectivity index (χ1) is 20.6. The third-order valence-electron chi connectivity index (χ3n) is 9.49. The largest absolute Gasteiger partial charge is 0.399 e. The van der Waals surface area contributed by atoms with Gasteiger partial charge in [0.05, 0.1) is 0 Å². The lowest BCUT2D eigenvalue weighted by Gasteiger charge is -2.42. The van der Waals surface area contributed by atoms with Crippen LogP contribution in [0.3, 0.4) is 0 Å². The Bertz CT molecular complexity index is 1450. The first-order valence-electron chi connectivity index (χ1n) is 15.5. The number of anilines is 2. The molecule has 0 aromatic heterocycles. The van der Waals surface area contributed by atoms with E-state index in [4.69, 9.17) is 11.5 Å². The van der Waals surface area contributed by atoms with Gasteiger partial charge in [0.15, 0.2) is 0 Å². The number of nitrogens with two attached hydrogens (primary N) is 2. The van der Waals surface area contributed by atoms with Gasteiger partial charge in [-0.3, -0.25) is 0 Å². The van der Waals surface area contributed by atoms with Gasteiger partial charge in [-0.25, -0.2) is 0 Å². The number of benzene rings is 5. The molecule has 1 aliphatic carbocycles. The molecular weight excluding hydrogens is 508 g/mol. The van der Waals surface area contributed by atoms with Crippen LogP contribution in [0.2, 0.25) is 0 Å². The fourth-order valence-electron chi connectivity index (χ4n) is 6.84. The van der Waals surface area contributed by atoms with E-state index in [-0.39, 0.29) is 5.41 Å². The minimum absolute atomic E-state index is 0.0518. The summed E-state index contributed by atoms with van der Waals surface area (Å²) in [5.41, 5.74) is 23.3. The predicted octanol–water partition coefficient (Wildman–Crippen LogP) is 9.07. The van der Waals surface area contributed by atoms with E-state index in [0.717, 1.165) is 37.1 Å². The molecule has 0 radical (unpaired) electrons. The highest BCUT2D eigenvalue weighted by Crippen LogP contribution is 2.49. The van der Waals surface area contributed by atoms with Gasteiger partial charge in [0.2, 0.25) is 0 Å². The van der Waals surface area contributed by atoms with Crippen molar-refractivity contribution in [2.24, 2.45) is 0 Å². The zero-order chi connectivity index (χ0) is 28.8. The molecule has 0 amide bonds. The molecule has 42 heavy (non-hydrogen) atoms. The highest BCUT2D eigenvalue weighted by Gasteiger charge is 2.38. The van der Waals surface area contributed by atoms with Crippen molar-refractivity contribution < 1.29 is 0 Å². The SMILES string of the molecule is Nc1ccc(CCc2ccc(C3(c4ccc(CCc5ccc(N)cc5)cc4)CCC(c4ccccc4)CC3)cc2)cc1. The molecule has 2 heteroatoms. The van der Waals surface area contributed by atoms with Gasteiger partial charge in [0, 0.05) is 16.8 Å². The van der Waals surface area contributed by atoms with Crippen LogP contribution in [0.15, 0.2) is 127 Å². The summed E-state index contributed by atoms with van der Waals surface area (Å²) >= 11 is 0. The van der Waals surface area contributed by atoms with Crippen LogP contribution in [0.4, 0.5) is 11.4 Å². The normalized spacial score (nSPS) is 15.0. The smallest absolute Gasteiger partial charge is 0.0314 e. The molecule has 5 aromatic carbocycles. The summed E-state index contributed by atoms with van der Waals surface area (Å²) in [5, 5.41) is 0. The van der Waals surface area contributed by atoms with Gasteiger partial charge < -0.3 is 11.5 Å². The van der Waals surface area contributed by atoms with Gasteiger partial charge in [-0.1, -0.05) is 103 Å². The van der Waals surface area contributed by atoms with Gasteiger partial charge in [-0.05, 0) is 120 Å². The molecule has 0 heterocycles. The van der Waals surface area contributed by atoms with Crippen molar-refractivity contribution in [3.05, 3.63) is 166 Å². The molecular formula is C40H42N2. The summed E-state index contributed by atoms with van der Waals surface area (Å²) in [6.07, 6.45) is 8.89. The van der Waals surface area contributed by atoms with E-state index in [9.17, 15) is 0 Å². The van der Waals surface area contributed by atoms with E-state index in [1.165, 1.54) is 64.6 Å². The van der Waals surface area contributed by atoms with Crippen LogP contribution in [-0.4, -0.2) is 0 Å². The summed E-state index contributed by atoms with van der Waals surface area (Å²) in [7, 11) is 0. The Hall–Kier alpha value is -4.30. The maximum atomic E-state index is 5.87. The second-order valence-corrected chi connectivity index (χ2v) is 12.1. The maximum absolute atomic E-state index is 5.87. The molecule has 0 aliphatic heterocycles. The van der Waals surface area contributed by atoms with Crippen molar-refractivity contribution in [2.45, 2.75) is 62.7 Å². The Kier molecular flexibility index (Phi) is 8.42. The fraction of sp³-hybridized carbons (Fsp3) is 0.250. The van der Waals surface area contributed by atoms with E-state index in [2.05, 4.69) is 103 Å². The summed E-state index contributed by atoms with van der Waals surface area (Å²) in [4.78, 5) is 0. The van der Waals surface area contributed by atoms with Gasteiger partial charge >= 0.3 is 0 Å². The lowest BCUT2D eigenvalue weighted by Crippen LogP contribution is -2.32. The van der Waals surface area contributed by atoms with E-state index >= 15 is 0 Å². The molecule has 1 fully saturated rings. The quantitative estimate of drug-likeness (QED) is 0.180. The number of aryl methyl sites for hydroxylation is 4. The van der Waals surface area contributed by atoms with Gasteiger partial charge in [0.1, 0.15) is 0 Å². The Balaban J connectivity index is 1.21. The van der Waals surface area contributed by atoms with Gasteiger partial charge in [-0.15, -0.1) is 0 Å². The molecule has 0 bridgehead atoms. The van der Waals surface area contributed by atoms with Crippen molar-refractivity contribution >= 4 is 11.4 Å². The van der Waals surface area contributed by atoms with Crippen LogP contribution in [-0.2, 0) is 31.1 Å². The number of hydrogen-bond acceptors (Lipinski definition) is 2. The molecule has 2 nitrogen and oxygen atoms in total. The monoisotopic (exact) mass is 550 g/mol. The summed E-state index contributed by atoms with van der Waals surface area (Å²) in [6.45, 7) is 0. The summed E-state index contributed by atoms with van der Waals surface area (Å²) in [6, 6.07) is 46.8. The van der Waals surface area contributed by atoms with E-state index < -0.39 is 0 Å². The minimum Gasteiger partial charge on any atom is -0.399 e. The van der Waals surface area contributed by atoms with Crippen LogP contribution >= 0.6 is 0 Å². The van der Waals surface area contributed by atoms with Crippen LogP contribution in [0.5, 0.6) is 0 Å². The summed E-state index contributed by atoms with van der Waals surface area (Å²) < 4.78 is 0. The fourth-order valence-corrected chi connectivity index (χ4v) is 6.84. The maximum Gasteiger partial charge on any atom is 0.0314 e. The molecule has 4 N–H and O–H groups in total. The van der Waals surface area contributed by atoms with Gasteiger partial charge in [0.25, 0.3) is 0 Å². The number of nitrogen functional groups attached to an aromatic ring is 2. The average Bonchev–Trinajstić information content (AvgIpc) is 3.05. The standard InChI is InChI=1S/C40H42N2/c41-38-22-14-32(15-23-38)8-6-30-10-18-36(19-11-30)40(28-26-35(27-29-40)34-4-2-1-3-5-34)37-20-12-31(13-21-37)7-9-33-16-24-39(42)25-17-33/h1-5,10-25,35H,6-9,26-29,41-42H2. The Labute approximate surface area is 251 Å². The highest BCUT2D eigenvalue weighted by atomic mass is 14.5. The van der Waals surface area contributed by atoms with Crippen LogP contribution in [0, 0.1) is 0 Å². The molecule has 0 saturated heterocycles. The lowest BCUT2D eigenvalue weighted by molar-refractivity contribution is 0.315. The molecule has 1 saturated carbocycles. The van der Waals surface area contributed by atoms with Crippen molar-refractivity contribution in [1.82, 2.24) is 0 Å². The zero-order valence-corrected chi connectivity index (χ0v) is 24.5. The van der Waals surface area contributed by atoms with Crippen molar-refractivity contribution in [3.63, 3.8) is 0 Å². The predicted molar refractivity (Wildman–Crippen MR) is 178 cm³/mol. The third-order valence-corrected chi connectivity index (χ3v) is 9.49. The Morgan fingerprint density at radius 1 is 0.452 bits per heavy atom. The zero-order valence-electron chi connectivity index (χ0n) is 24.5. The van der Waals surface area contributed by atoms with Crippen molar-refractivity contribution in [3.8, 4) is 0 Å². The highest BCUT2D eigenvalue weighted by molar-refractivity contribution is 5.44. The summed E-state index contributed by atoms with van der Waals surface area (Å²) in [5.74, 6) is 0.637. The lowest BCUT2D eigenvalue weighted by atomic mass is 9.62. The molecule has 0 spiro atoms. The average molecular weight is 551 g/mol. The second kappa shape index (κ2) is 12.7.